The predicted molar refractivity (Wildman–Crippen MR) is 76.8 cm³/mol. The van der Waals surface area contributed by atoms with Gasteiger partial charge in [-0.05, 0) is 30.9 Å². The molecule has 2 heterocycles. The molecule has 1 saturated carbocycles. The number of anilines is 1. The Labute approximate surface area is 120 Å². The maximum Gasteiger partial charge on any atom is 0.321 e. The van der Waals surface area contributed by atoms with Crippen LogP contribution in [0.15, 0.2) is 24.5 Å². The molecule has 0 radical (unpaired) electrons. The number of aromatic nitrogens is 3. The summed E-state index contributed by atoms with van der Waals surface area (Å²) >= 11 is 1.46. The molecule has 2 amide bonds. The average molecular weight is 289 g/mol. The molecule has 3 rings (SSSR count). The van der Waals surface area contributed by atoms with Gasteiger partial charge in [-0.2, -0.15) is 0 Å². The van der Waals surface area contributed by atoms with Crippen molar-refractivity contribution in [1.29, 1.82) is 0 Å². The lowest BCUT2D eigenvalue weighted by molar-refractivity contribution is 0.252. The summed E-state index contributed by atoms with van der Waals surface area (Å²) in [6.07, 6.45) is 6.66. The van der Waals surface area contributed by atoms with E-state index in [9.17, 15) is 4.79 Å². The fraction of sp³-hybridized carbons (Fsp3) is 0.385. The first-order chi connectivity index (χ1) is 9.81. The van der Waals surface area contributed by atoms with Crippen LogP contribution in [0.25, 0.3) is 0 Å². The van der Waals surface area contributed by atoms with E-state index in [1.54, 1.807) is 12.4 Å². The Kier molecular flexibility index (Phi) is 3.87. The zero-order valence-corrected chi connectivity index (χ0v) is 11.7. The van der Waals surface area contributed by atoms with E-state index in [0.717, 1.165) is 17.0 Å². The van der Waals surface area contributed by atoms with Gasteiger partial charge in [0, 0.05) is 24.9 Å². The van der Waals surface area contributed by atoms with E-state index < -0.39 is 0 Å². The van der Waals surface area contributed by atoms with Crippen LogP contribution in [0.4, 0.5) is 9.93 Å². The maximum atomic E-state index is 11.7. The van der Waals surface area contributed by atoms with Crippen LogP contribution in [0.1, 0.15) is 29.3 Å². The highest BCUT2D eigenvalue weighted by atomic mass is 32.1. The molecular formula is C13H15N5OS. The summed E-state index contributed by atoms with van der Waals surface area (Å²) in [6, 6.07) is 3.63. The van der Waals surface area contributed by atoms with E-state index in [1.165, 1.54) is 24.2 Å². The van der Waals surface area contributed by atoms with Crippen molar-refractivity contribution in [2.24, 2.45) is 0 Å². The van der Waals surface area contributed by atoms with Gasteiger partial charge in [0.25, 0.3) is 0 Å². The molecule has 104 valence electrons. The molecule has 2 aromatic heterocycles. The Morgan fingerprint density at radius 3 is 3.05 bits per heavy atom. The topological polar surface area (TPSA) is 79.8 Å². The summed E-state index contributed by atoms with van der Waals surface area (Å²) < 4.78 is 0. The van der Waals surface area contributed by atoms with Crippen LogP contribution in [0.3, 0.4) is 0 Å². The van der Waals surface area contributed by atoms with Gasteiger partial charge in [0.05, 0.1) is 0 Å². The average Bonchev–Trinajstić information content (AvgIpc) is 3.21. The second kappa shape index (κ2) is 5.96. The van der Waals surface area contributed by atoms with E-state index in [1.807, 2.05) is 12.1 Å². The minimum Gasteiger partial charge on any atom is -0.337 e. The Hall–Kier alpha value is -2.02. The van der Waals surface area contributed by atoms with Crippen molar-refractivity contribution >= 4 is 22.5 Å². The van der Waals surface area contributed by atoms with Gasteiger partial charge >= 0.3 is 6.03 Å². The Morgan fingerprint density at radius 1 is 1.40 bits per heavy atom. The van der Waals surface area contributed by atoms with Gasteiger partial charge in [-0.1, -0.05) is 17.4 Å². The van der Waals surface area contributed by atoms with E-state index in [0.29, 0.717) is 17.6 Å². The molecule has 0 aromatic carbocycles. The number of carbonyl (C=O) groups excluding carboxylic acids is 1. The van der Waals surface area contributed by atoms with E-state index in [-0.39, 0.29) is 6.03 Å². The monoisotopic (exact) mass is 289 g/mol. The van der Waals surface area contributed by atoms with Crippen molar-refractivity contribution in [3.8, 4) is 0 Å². The van der Waals surface area contributed by atoms with Gasteiger partial charge in [0.2, 0.25) is 5.13 Å². The van der Waals surface area contributed by atoms with Gasteiger partial charge in [0.1, 0.15) is 5.01 Å². The largest absolute Gasteiger partial charge is 0.337 e. The lowest BCUT2D eigenvalue weighted by Gasteiger charge is -2.04. The fourth-order valence-electron chi connectivity index (χ4n) is 1.79. The minimum atomic E-state index is -0.243. The number of hydrogen-bond donors (Lipinski definition) is 2. The van der Waals surface area contributed by atoms with Crippen LogP contribution < -0.4 is 10.6 Å². The highest BCUT2D eigenvalue weighted by Crippen LogP contribution is 2.41. The summed E-state index contributed by atoms with van der Waals surface area (Å²) in [4.78, 5) is 15.7. The molecule has 1 aliphatic carbocycles. The number of urea groups is 1. The summed E-state index contributed by atoms with van der Waals surface area (Å²) in [5.41, 5.74) is 1.10. The molecule has 2 aromatic rings. The predicted octanol–water partition coefficient (Wildman–Crippen LogP) is 2.17. The number of rotatable bonds is 5. The molecule has 1 aliphatic rings. The molecule has 7 heteroatoms. The van der Waals surface area contributed by atoms with Crippen LogP contribution in [-0.4, -0.2) is 27.8 Å². The molecule has 1 fully saturated rings. The van der Waals surface area contributed by atoms with Gasteiger partial charge < -0.3 is 5.32 Å². The molecule has 0 bridgehead atoms. The van der Waals surface area contributed by atoms with Crippen molar-refractivity contribution in [2.45, 2.75) is 25.2 Å². The third-order valence-corrected chi connectivity index (χ3v) is 4.01. The van der Waals surface area contributed by atoms with Gasteiger partial charge in [-0.3, -0.25) is 10.3 Å². The molecule has 0 aliphatic heterocycles. The Bertz CT molecular complexity index is 581. The fourth-order valence-corrected chi connectivity index (χ4v) is 2.70. The number of carbonyl (C=O) groups is 1. The maximum absolute atomic E-state index is 11.7. The van der Waals surface area contributed by atoms with Crippen molar-refractivity contribution in [3.05, 3.63) is 35.1 Å². The zero-order valence-electron chi connectivity index (χ0n) is 10.9. The number of nitrogens with one attached hydrogen (secondary N) is 2. The molecule has 0 atom stereocenters. The quantitative estimate of drug-likeness (QED) is 0.884. The summed E-state index contributed by atoms with van der Waals surface area (Å²) in [5, 5.41) is 15.1. The second-order valence-corrected chi connectivity index (χ2v) is 5.72. The minimum absolute atomic E-state index is 0.243. The number of amides is 2. The molecule has 20 heavy (non-hydrogen) atoms. The number of pyridine rings is 1. The Morgan fingerprint density at radius 2 is 2.30 bits per heavy atom. The standard InChI is InChI=1S/C13H15N5OS/c19-12(15-7-5-9-2-1-6-14-8-9)16-13-18-17-11(20-13)10-3-4-10/h1-2,6,8,10H,3-5,7H2,(H2,15,16,18,19). The first kappa shape index (κ1) is 13.0. The first-order valence-electron chi connectivity index (χ1n) is 6.58. The van der Waals surface area contributed by atoms with Crippen LogP contribution >= 0.6 is 11.3 Å². The summed E-state index contributed by atoms with van der Waals surface area (Å²) in [5.74, 6) is 0.566. The molecule has 0 unspecified atom stereocenters. The number of nitrogens with zero attached hydrogens (tertiary/aromatic N) is 3. The Balaban J connectivity index is 1.42. The van der Waals surface area contributed by atoms with Crippen molar-refractivity contribution in [3.63, 3.8) is 0 Å². The van der Waals surface area contributed by atoms with Crippen LogP contribution in [0.5, 0.6) is 0 Å². The van der Waals surface area contributed by atoms with Crippen LogP contribution in [-0.2, 0) is 6.42 Å². The highest BCUT2D eigenvalue weighted by Gasteiger charge is 2.27. The normalized spacial score (nSPS) is 14.0. The smallest absolute Gasteiger partial charge is 0.321 e. The third-order valence-electron chi connectivity index (χ3n) is 3.01. The zero-order chi connectivity index (χ0) is 13.8. The molecular weight excluding hydrogens is 274 g/mol. The van der Waals surface area contributed by atoms with Crippen molar-refractivity contribution in [1.82, 2.24) is 20.5 Å². The highest BCUT2D eigenvalue weighted by molar-refractivity contribution is 7.15. The van der Waals surface area contributed by atoms with E-state index in [2.05, 4.69) is 25.8 Å². The van der Waals surface area contributed by atoms with Gasteiger partial charge in [-0.15, -0.1) is 10.2 Å². The lowest BCUT2D eigenvalue weighted by Crippen LogP contribution is -2.30. The first-order valence-corrected chi connectivity index (χ1v) is 7.40. The van der Waals surface area contributed by atoms with E-state index >= 15 is 0 Å². The van der Waals surface area contributed by atoms with Crippen molar-refractivity contribution < 1.29 is 4.79 Å². The number of hydrogen-bond acceptors (Lipinski definition) is 5. The van der Waals surface area contributed by atoms with Crippen LogP contribution in [0.2, 0.25) is 0 Å². The lowest BCUT2D eigenvalue weighted by atomic mass is 10.2. The molecule has 0 saturated heterocycles. The molecule has 2 N–H and O–H groups in total. The third kappa shape index (κ3) is 3.51. The summed E-state index contributed by atoms with van der Waals surface area (Å²) in [7, 11) is 0. The van der Waals surface area contributed by atoms with Crippen LogP contribution in [0, 0.1) is 0 Å². The van der Waals surface area contributed by atoms with Gasteiger partial charge in [-0.25, -0.2) is 4.79 Å². The van der Waals surface area contributed by atoms with E-state index in [4.69, 9.17) is 0 Å². The SMILES string of the molecule is O=C(NCCc1cccnc1)Nc1nnc(C2CC2)s1. The summed E-state index contributed by atoms with van der Waals surface area (Å²) in [6.45, 7) is 0.561. The second-order valence-electron chi connectivity index (χ2n) is 4.71. The molecule has 0 spiro atoms. The molecule has 6 nitrogen and oxygen atoms in total. The van der Waals surface area contributed by atoms with Crippen molar-refractivity contribution in [2.75, 3.05) is 11.9 Å². The van der Waals surface area contributed by atoms with Gasteiger partial charge in [0.15, 0.2) is 0 Å².